The molecule has 6 heteroatoms. The van der Waals surface area contributed by atoms with Crippen LogP contribution in [-0.4, -0.2) is 38.3 Å². The average Bonchev–Trinajstić information content (AvgIpc) is 3.05. The number of sulfonamides is 1. The largest absolute Gasteiger partial charge is 0.308 e. The number of rotatable bonds is 5. The van der Waals surface area contributed by atoms with Gasteiger partial charge in [0.25, 0.3) is 5.91 Å². The van der Waals surface area contributed by atoms with Crippen LogP contribution in [0.25, 0.3) is 0 Å². The molecule has 0 aliphatic carbocycles. The van der Waals surface area contributed by atoms with E-state index in [0.717, 1.165) is 16.8 Å². The van der Waals surface area contributed by atoms with Gasteiger partial charge in [-0.3, -0.25) is 4.79 Å². The van der Waals surface area contributed by atoms with Crippen molar-refractivity contribution in [1.82, 2.24) is 4.31 Å². The number of carbonyl (C=O) groups is 1. The van der Waals surface area contributed by atoms with E-state index in [-0.39, 0.29) is 5.91 Å². The van der Waals surface area contributed by atoms with E-state index in [0.29, 0.717) is 36.5 Å². The van der Waals surface area contributed by atoms with Crippen LogP contribution >= 0.6 is 0 Å². The maximum Gasteiger partial charge on any atom is 0.258 e. The summed E-state index contributed by atoms with van der Waals surface area (Å²) in [5, 5.41) is 0. The van der Waals surface area contributed by atoms with E-state index in [1.54, 1.807) is 23.1 Å². The van der Waals surface area contributed by atoms with Gasteiger partial charge in [0.1, 0.15) is 0 Å². The number of fused-ring (bicyclic) bond motifs is 1. The Hall–Kier alpha value is -2.18. The minimum Gasteiger partial charge on any atom is -0.308 e. The summed E-state index contributed by atoms with van der Waals surface area (Å²) in [6, 6.07) is 12.6. The highest BCUT2D eigenvalue weighted by Crippen LogP contribution is 2.32. The molecule has 0 saturated heterocycles. The Morgan fingerprint density at radius 1 is 1.12 bits per heavy atom. The Morgan fingerprint density at radius 3 is 2.46 bits per heavy atom. The Bertz CT molecular complexity index is 934. The van der Waals surface area contributed by atoms with Crippen LogP contribution in [0.15, 0.2) is 47.4 Å². The van der Waals surface area contributed by atoms with Crippen molar-refractivity contribution in [2.24, 2.45) is 0 Å². The molecule has 1 amide bonds. The molecule has 0 bridgehead atoms. The lowest BCUT2D eigenvalue weighted by Crippen LogP contribution is -2.31. The number of aryl methyl sites for hydroxylation is 1. The summed E-state index contributed by atoms with van der Waals surface area (Å²) < 4.78 is 26.9. The maximum atomic E-state index is 12.9. The first-order valence-electron chi connectivity index (χ1n) is 8.90. The third-order valence-electron chi connectivity index (χ3n) is 4.91. The smallest absolute Gasteiger partial charge is 0.258 e. The number of amides is 1. The van der Waals surface area contributed by atoms with Crippen molar-refractivity contribution < 1.29 is 13.2 Å². The van der Waals surface area contributed by atoms with E-state index in [9.17, 15) is 13.2 Å². The summed E-state index contributed by atoms with van der Waals surface area (Å²) in [6.07, 6.45) is 0.661. The monoisotopic (exact) mass is 372 g/mol. The van der Waals surface area contributed by atoms with Gasteiger partial charge in [-0.05, 0) is 48.7 Å². The quantitative estimate of drug-likeness (QED) is 0.810. The van der Waals surface area contributed by atoms with Crippen LogP contribution in [0.1, 0.15) is 35.3 Å². The van der Waals surface area contributed by atoms with Crippen molar-refractivity contribution in [3.8, 4) is 0 Å². The molecular weight excluding hydrogens is 348 g/mol. The molecule has 0 radical (unpaired) electrons. The van der Waals surface area contributed by atoms with E-state index < -0.39 is 10.0 Å². The number of hydrogen-bond donors (Lipinski definition) is 0. The molecule has 1 aliphatic heterocycles. The standard InChI is InChI=1S/C20H24N2O3S/c1-4-21(5-2)26(24,25)17-10-11-19-16(14-17)12-13-22(19)20(23)18-9-7-6-8-15(18)3/h6-11,14H,4-5,12-13H2,1-3H3. The lowest BCUT2D eigenvalue weighted by atomic mass is 10.1. The third kappa shape index (κ3) is 3.15. The number of nitrogens with zero attached hydrogens (tertiary/aromatic N) is 2. The number of hydrogen-bond acceptors (Lipinski definition) is 3. The number of carbonyl (C=O) groups excluding carboxylic acids is 1. The van der Waals surface area contributed by atoms with Gasteiger partial charge in [-0.25, -0.2) is 8.42 Å². The zero-order chi connectivity index (χ0) is 18.9. The first kappa shape index (κ1) is 18.6. The predicted octanol–water partition coefficient (Wildman–Crippen LogP) is 3.23. The summed E-state index contributed by atoms with van der Waals surface area (Å²) in [7, 11) is -3.49. The van der Waals surface area contributed by atoms with Gasteiger partial charge in [0.2, 0.25) is 10.0 Å². The lowest BCUT2D eigenvalue weighted by molar-refractivity contribution is 0.0989. The molecule has 2 aromatic carbocycles. The summed E-state index contributed by atoms with van der Waals surface area (Å²) in [4.78, 5) is 15.0. The molecule has 0 aromatic heterocycles. The van der Waals surface area contributed by atoms with Gasteiger partial charge in [0, 0.05) is 30.9 Å². The Morgan fingerprint density at radius 2 is 1.81 bits per heavy atom. The third-order valence-corrected chi connectivity index (χ3v) is 6.96. The van der Waals surface area contributed by atoms with Gasteiger partial charge in [-0.15, -0.1) is 0 Å². The molecule has 5 nitrogen and oxygen atoms in total. The Balaban J connectivity index is 1.94. The van der Waals surface area contributed by atoms with E-state index in [2.05, 4.69) is 0 Å². The van der Waals surface area contributed by atoms with Crippen LogP contribution in [0.3, 0.4) is 0 Å². The summed E-state index contributed by atoms with van der Waals surface area (Å²) in [5.74, 6) is -0.0406. The fraction of sp³-hybridized carbons (Fsp3) is 0.350. The molecule has 0 unspecified atom stereocenters. The second kappa shape index (κ2) is 7.21. The molecule has 0 saturated carbocycles. The SMILES string of the molecule is CCN(CC)S(=O)(=O)c1ccc2c(c1)CCN2C(=O)c1ccccc1C. The van der Waals surface area contributed by atoms with Crippen LogP contribution in [0.2, 0.25) is 0 Å². The van der Waals surface area contributed by atoms with Crippen molar-refractivity contribution >= 4 is 21.6 Å². The summed E-state index contributed by atoms with van der Waals surface area (Å²) in [6.45, 7) is 7.02. The van der Waals surface area contributed by atoms with E-state index >= 15 is 0 Å². The lowest BCUT2D eigenvalue weighted by Gasteiger charge is -2.20. The highest BCUT2D eigenvalue weighted by Gasteiger charge is 2.29. The average molecular weight is 372 g/mol. The van der Waals surface area contributed by atoms with Gasteiger partial charge >= 0.3 is 0 Å². The van der Waals surface area contributed by atoms with Crippen LogP contribution in [0.5, 0.6) is 0 Å². The zero-order valence-corrected chi connectivity index (χ0v) is 16.2. The maximum absolute atomic E-state index is 12.9. The fourth-order valence-electron chi connectivity index (χ4n) is 3.42. The second-order valence-corrected chi connectivity index (χ2v) is 8.34. The second-order valence-electron chi connectivity index (χ2n) is 6.40. The fourth-order valence-corrected chi connectivity index (χ4v) is 4.93. The van der Waals surface area contributed by atoms with Crippen LogP contribution in [-0.2, 0) is 16.4 Å². The van der Waals surface area contributed by atoms with Gasteiger partial charge in [-0.2, -0.15) is 4.31 Å². The van der Waals surface area contributed by atoms with Gasteiger partial charge < -0.3 is 4.90 Å². The van der Waals surface area contributed by atoms with Crippen LogP contribution in [0.4, 0.5) is 5.69 Å². The van der Waals surface area contributed by atoms with Crippen molar-refractivity contribution in [2.75, 3.05) is 24.5 Å². The molecule has 0 atom stereocenters. The molecule has 138 valence electrons. The highest BCUT2D eigenvalue weighted by molar-refractivity contribution is 7.89. The zero-order valence-electron chi connectivity index (χ0n) is 15.4. The molecular formula is C20H24N2O3S. The Labute approximate surface area is 155 Å². The summed E-state index contributed by atoms with van der Waals surface area (Å²) >= 11 is 0. The molecule has 2 aromatic rings. The van der Waals surface area contributed by atoms with Crippen molar-refractivity contribution in [2.45, 2.75) is 32.1 Å². The van der Waals surface area contributed by atoms with Crippen LogP contribution in [0, 0.1) is 6.92 Å². The minimum absolute atomic E-state index is 0.0406. The topological polar surface area (TPSA) is 57.7 Å². The molecule has 26 heavy (non-hydrogen) atoms. The van der Waals surface area contributed by atoms with E-state index in [1.807, 2.05) is 45.0 Å². The molecule has 1 heterocycles. The van der Waals surface area contributed by atoms with Crippen LogP contribution < -0.4 is 4.90 Å². The van der Waals surface area contributed by atoms with Crippen molar-refractivity contribution in [3.05, 3.63) is 59.2 Å². The Kier molecular flexibility index (Phi) is 5.16. The molecule has 0 spiro atoms. The predicted molar refractivity (Wildman–Crippen MR) is 103 cm³/mol. The molecule has 0 N–H and O–H groups in total. The normalized spacial score (nSPS) is 13.9. The number of anilines is 1. The highest BCUT2D eigenvalue weighted by atomic mass is 32.2. The van der Waals surface area contributed by atoms with Gasteiger partial charge in [-0.1, -0.05) is 32.0 Å². The van der Waals surface area contributed by atoms with E-state index in [1.165, 1.54) is 4.31 Å². The van der Waals surface area contributed by atoms with Gasteiger partial charge in [0.15, 0.2) is 0 Å². The van der Waals surface area contributed by atoms with Gasteiger partial charge in [0.05, 0.1) is 4.90 Å². The molecule has 0 fully saturated rings. The first-order chi connectivity index (χ1) is 12.4. The molecule has 3 rings (SSSR count). The first-order valence-corrected chi connectivity index (χ1v) is 10.3. The minimum atomic E-state index is -3.49. The number of benzene rings is 2. The van der Waals surface area contributed by atoms with Crippen molar-refractivity contribution in [1.29, 1.82) is 0 Å². The summed E-state index contributed by atoms with van der Waals surface area (Å²) in [5.41, 5.74) is 3.32. The van der Waals surface area contributed by atoms with E-state index in [4.69, 9.17) is 0 Å². The molecule has 1 aliphatic rings. The van der Waals surface area contributed by atoms with Crippen molar-refractivity contribution in [3.63, 3.8) is 0 Å².